The van der Waals surface area contributed by atoms with Crippen LogP contribution in [0.4, 0.5) is 4.39 Å². The minimum atomic E-state index is -0.444. The van der Waals surface area contributed by atoms with Crippen LogP contribution in [-0.4, -0.2) is 40.1 Å². The van der Waals surface area contributed by atoms with Gasteiger partial charge in [0.15, 0.2) is 0 Å². The van der Waals surface area contributed by atoms with E-state index in [1.54, 1.807) is 4.90 Å². The van der Waals surface area contributed by atoms with Gasteiger partial charge in [0.1, 0.15) is 11.5 Å². The molecule has 3 rings (SSSR count). The Labute approximate surface area is 104 Å². The lowest BCUT2D eigenvalue weighted by Gasteiger charge is -2.17. The van der Waals surface area contributed by atoms with E-state index in [2.05, 4.69) is 4.98 Å². The first kappa shape index (κ1) is 11.6. The molecule has 3 unspecified atom stereocenters. The molecule has 0 aromatic carbocycles. The second-order valence-corrected chi connectivity index (χ2v) is 5.14. The first-order valence-corrected chi connectivity index (χ1v) is 6.24. The molecule has 1 saturated heterocycles. The number of aliphatic hydroxyl groups excluding tert-OH is 1. The van der Waals surface area contributed by atoms with Gasteiger partial charge in [0, 0.05) is 19.0 Å². The maximum Gasteiger partial charge on any atom is 0.272 e. The van der Waals surface area contributed by atoms with Crippen LogP contribution < -0.4 is 0 Å². The summed E-state index contributed by atoms with van der Waals surface area (Å²) in [5.41, 5.74) is 0.269. The summed E-state index contributed by atoms with van der Waals surface area (Å²) in [6.45, 7) is 1.27. The summed E-state index contributed by atoms with van der Waals surface area (Å²) >= 11 is 0. The molecular formula is C13H15FN2O2. The van der Waals surface area contributed by atoms with Crippen LogP contribution in [-0.2, 0) is 0 Å². The zero-order valence-corrected chi connectivity index (χ0v) is 9.92. The number of fused-ring (bicyclic) bond motifs is 1. The number of hydrogen-bond acceptors (Lipinski definition) is 3. The van der Waals surface area contributed by atoms with Crippen LogP contribution in [0.15, 0.2) is 18.3 Å². The molecule has 0 radical (unpaired) electrons. The van der Waals surface area contributed by atoms with E-state index in [0.29, 0.717) is 19.0 Å². The van der Waals surface area contributed by atoms with Gasteiger partial charge in [0.05, 0.1) is 12.3 Å². The monoisotopic (exact) mass is 250 g/mol. The second kappa shape index (κ2) is 4.31. The normalized spacial score (nSPS) is 30.6. The van der Waals surface area contributed by atoms with Crippen LogP contribution in [0.25, 0.3) is 0 Å². The summed E-state index contributed by atoms with van der Waals surface area (Å²) in [6.07, 6.45) is 2.59. The molecule has 1 saturated carbocycles. The Morgan fingerprint density at radius 1 is 1.39 bits per heavy atom. The number of amides is 1. The van der Waals surface area contributed by atoms with Gasteiger partial charge in [0.2, 0.25) is 0 Å². The average Bonchev–Trinajstić information content (AvgIpc) is 2.92. The zero-order valence-electron chi connectivity index (χ0n) is 9.92. The maximum atomic E-state index is 12.7. The molecule has 1 aromatic rings. The number of likely N-dealkylation sites (tertiary alicyclic amines) is 1. The fraction of sp³-hybridized carbons (Fsp3) is 0.538. The molecule has 1 aromatic heterocycles. The van der Waals surface area contributed by atoms with Crippen molar-refractivity contribution in [3.05, 3.63) is 29.8 Å². The van der Waals surface area contributed by atoms with E-state index < -0.39 is 5.82 Å². The van der Waals surface area contributed by atoms with Gasteiger partial charge in [-0.2, -0.15) is 0 Å². The van der Waals surface area contributed by atoms with Crippen molar-refractivity contribution >= 4 is 5.91 Å². The summed E-state index contributed by atoms with van der Waals surface area (Å²) in [5, 5.41) is 9.80. The Bertz CT molecular complexity index is 463. The minimum Gasteiger partial charge on any atom is -0.393 e. The van der Waals surface area contributed by atoms with Gasteiger partial charge in [-0.15, -0.1) is 0 Å². The Morgan fingerprint density at radius 3 is 2.89 bits per heavy atom. The number of rotatable bonds is 1. The number of pyridine rings is 1. The third-order valence-corrected chi connectivity index (χ3v) is 4.05. The molecule has 5 heteroatoms. The zero-order chi connectivity index (χ0) is 12.7. The van der Waals surface area contributed by atoms with Crippen molar-refractivity contribution in [1.82, 2.24) is 9.88 Å². The van der Waals surface area contributed by atoms with Crippen LogP contribution in [0.5, 0.6) is 0 Å². The summed E-state index contributed by atoms with van der Waals surface area (Å²) in [6, 6.07) is 2.65. The van der Waals surface area contributed by atoms with Crippen LogP contribution in [0.3, 0.4) is 0 Å². The number of hydrogen-bond donors (Lipinski definition) is 1. The van der Waals surface area contributed by atoms with Crippen molar-refractivity contribution in [3.8, 4) is 0 Å². The van der Waals surface area contributed by atoms with E-state index >= 15 is 0 Å². The van der Waals surface area contributed by atoms with Gasteiger partial charge in [-0.3, -0.25) is 4.79 Å². The van der Waals surface area contributed by atoms with Crippen molar-refractivity contribution in [2.45, 2.75) is 18.9 Å². The van der Waals surface area contributed by atoms with Crippen molar-refractivity contribution in [2.75, 3.05) is 13.1 Å². The highest BCUT2D eigenvalue weighted by Crippen LogP contribution is 2.38. The van der Waals surface area contributed by atoms with Gasteiger partial charge in [-0.1, -0.05) is 0 Å². The van der Waals surface area contributed by atoms with E-state index in [1.165, 1.54) is 12.1 Å². The van der Waals surface area contributed by atoms with Crippen LogP contribution in [0.2, 0.25) is 0 Å². The predicted octanol–water partition coefficient (Wildman–Crippen LogP) is 1.06. The first-order valence-electron chi connectivity index (χ1n) is 6.24. The van der Waals surface area contributed by atoms with Gasteiger partial charge in [0.25, 0.3) is 5.91 Å². The Morgan fingerprint density at radius 2 is 2.22 bits per heavy atom. The van der Waals surface area contributed by atoms with E-state index in [0.717, 1.165) is 19.0 Å². The smallest absolute Gasteiger partial charge is 0.272 e. The third-order valence-electron chi connectivity index (χ3n) is 4.05. The van der Waals surface area contributed by atoms with E-state index in [-0.39, 0.29) is 23.6 Å². The number of carbonyl (C=O) groups is 1. The van der Waals surface area contributed by atoms with Gasteiger partial charge in [-0.25, -0.2) is 9.37 Å². The fourth-order valence-corrected chi connectivity index (χ4v) is 3.07. The van der Waals surface area contributed by atoms with Gasteiger partial charge in [-0.05, 0) is 30.9 Å². The molecule has 1 N–H and O–H groups in total. The topological polar surface area (TPSA) is 53.4 Å². The van der Waals surface area contributed by atoms with Crippen LogP contribution in [0.1, 0.15) is 23.3 Å². The molecule has 96 valence electrons. The largest absolute Gasteiger partial charge is 0.393 e. The fourth-order valence-electron chi connectivity index (χ4n) is 3.07. The van der Waals surface area contributed by atoms with Crippen molar-refractivity contribution in [3.63, 3.8) is 0 Å². The highest BCUT2D eigenvalue weighted by Gasteiger charge is 2.43. The van der Waals surface area contributed by atoms with E-state index in [1.807, 2.05) is 0 Å². The SMILES string of the molecule is O=C(c1ccc(F)cn1)N1CC2CCC(O)C2C1. The molecule has 2 fully saturated rings. The molecule has 0 spiro atoms. The molecule has 2 heterocycles. The quantitative estimate of drug-likeness (QED) is 0.811. The molecule has 18 heavy (non-hydrogen) atoms. The maximum absolute atomic E-state index is 12.7. The average molecular weight is 250 g/mol. The van der Waals surface area contributed by atoms with Crippen LogP contribution in [0, 0.1) is 17.7 Å². The number of halogens is 1. The summed E-state index contributed by atoms with van der Waals surface area (Å²) in [5.74, 6) is -0.00402. The highest BCUT2D eigenvalue weighted by atomic mass is 19.1. The lowest BCUT2D eigenvalue weighted by atomic mass is 10.00. The van der Waals surface area contributed by atoms with E-state index in [4.69, 9.17) is 0 Å². The molecule has 0 bridgehead atoms. The Kier molecular flexibility index (Phi) is 2.78. The summed E-state index contributed by atoms with van der Waals surface area (Å²) in [7, 11) is 0. The molecule has 1 amide bonds. The molecule has 1 aliphatic heterocycles. The third kappa shape index (κ3) is 1.88. The Balaban J connectivity index is 1.73. The van der Waals surface area contributed by atoms with Crippen molar-refractivity contribution in [2.24, 2.45) is 11.8 Å². The molecule has 1 aliphatic carbocycles. The number of aromatic nitrogens is 1. The minimum absolute atomic E-state index is 0.170. The Hall–Kier alpha value is -1.49. The molecule has 4 nitrogen and oxygen atoms in total. The lowest BCUT2D eigenvalue weighted by molar-refractivity contribution is 0.0746. The summed E-state index contributed by atoms with van der Waals surface area (Å²) in [4.78, 5) is 17.7. The molecule has 2 aliphatic rings. The first-order chi connectivity index (χ1) is 8.65. The molecule has 3 atom stereocenters. The van der Waals surface area contributed by atoms with Crippen LogP contribution >= 0.6 is 0 Å². The van der Waals surface area contributed by atoms with Gasteiger partial charge < -0.3 is 10.0 Å². The van der Waals surface area contributed by atoms with Gasteiger partial charge >= 0.3 is 0 Å². The standard InChI is InChI=1S/C13H15FN2O2/c14-9-2-3-11(15-5-9)13(18)16-6-8-1-4-12(17)10(8)7-16/h2-3,5,8,10,12,17H,1,4,6-7H2. The van der Waals surface area contributed by atoms with E-state index in [9.17, 15) is 14.3 Å². The van der Waals surface area contributed by atoms with Crippen molar-refractivity contribution < 1.29 is 14.3 Å². The summed E-state index contributed by atoms with van der Waals surface area (Å²) < 4.78 is 12.7. The number of carbonyl (C=O) groups excluding carboxylic acids is 1. The molecular weight excluding hydrogens is 235 g/mol. The second-order valence-electron chi connectivity index (χ2n) is 5.14. The highest BCUT2D eigenvalue weighted by molar-refractivity contribution is 5.92. The number of nitrogens with zero attached hydrogens (tertiary/aromatic N) is 2. The number of aliphatic hydroxyl groups is 1. The lowest BCUT2D eigenvalue weighted by Crippen LogP contribution is -2.31. The predicted molar refractivity (Wildman–Crippen MR) is 62.3 cm³/mol. The van der Waals surface area contributed by atoms with Crippen molar-refractivity contribution in [1.29, 1.82) is 0 Å².